The summed E-state index contributed by atoms with van der Waals surface area (Å²) >= 11 is 0. The number of carbonyl (C=O) groups is 1. The van der Waals surface area contributed by atoms with E-state index in [0.29, 0.717) is 37.5 Å². The molecule has 0 atom stereocenters. The zero-order valence-electron chi connectivity index (χ0n) is 15.2. The number of fused-ring (bicyclic) bond motifs is 1. The van der Waals surface area contributed by atoms with Gasteiger partial charge in [-0.1, -0.05) is 24.3 Å². The van der Waals surface area contributed by atoms with E-state index >= 15 is 0 Å². The molecule has 1 fully saturated rings. The zero-order chi connectivity index (χ0) is 18.8. The molecule has 0 aromatic heterocycles. The van der Waals surface area contributed by atoms with Gasteiger partial charge in [0.05, 0.1) is 12.7 Å². The van der Waals surface area contributed by atoms with Gasteiger partial charge in [0.2, 0.25) is 0 Å². The van der Waals surface area contributed by atoms with Gasteiger partial charge in [0, 0.05) is 31.9 Å². The molecule has 0 aliphatic carbocycles. The molecule has 0 bridgehead atoms. The topological polar surface area (TPSA) is 32.8 Å². The maximum absolute atomic E-state index is 13.1. The summed E-state index contributed by atoms with van der Waals surface area (Å²) in [6.45, 7) is 2.67. The summed E-state index contributed by atoms with van der Waals surface area (Å²) < 4.78 is 18.6. The molecule has 1 aliphatic heterocycles. The summed E-state index contributed by atoms with van der Waals surface area (Å²) in [5.41, 5.74) is 1.57. The van der Waals surface area contributed by atoms with E-state index in [1.54, 1.807) is 19.2 Å². The summed E-state index contributed by atoms with van der Waals surface area (Å²) in [6.07, 6.45) is 0. The molecule has 3 aromatic rings. The minimum atomic E-state index is -0.240. The van der Waals surface area contributed by atoms with Crippen LogP contribution in [-0.2, 0) is 0 Å². The largest absolute Gasteiger partial charge is 0.496 e. The highest BCUT2D eigenvalue weighted by molar-refractivity contribution is 6.01. The lowest BCUT2D eigenvalue weighted by Gasteiger charge is -2.36. The molecule has 0 saturated carbocycles. The predicted molar refractivity (Wildman–Crippen MR) is 105 cm³/mol. The third-order valence-electron chi connectivity index (χ3n) is 5.06. The van der Waals surface area contributed by atoms with Crippen molar-refractivity contribution >= 4 is 22.4 Å². The lowest BCUT2D eigenvalue weighted by atomic mass is 10.0. The molecule has 0 radical (unpaired) electrons. The fourth-order valence-electron chi connectivity index (χ4n) is 3.55. The number of amides is 1. The maximum atomic E-state index is 13.1. The first-order chi connectivity index (χ1) is 13.2. The molecular formula is C22H21FN2O2. The van der Waals surface area contributed by atoms with Crippen LogP contribution in [0.2, 0.25) is 0 Å². The van der Waals surface area contributed by atoms with Gasteiger partial charge in [0.1, 0.15) is 11.6 Å². The number of ether oxygens (including phenoxy) is 1. The molecule has 4 nitrogen and oxygen atoms in total. The van der Waals surface area contributed by atoms with Crippen molar-refractivity contribution in [3.63, 3.8) is 0 Å². The van der Waals surface area contributed by atoms with Crippen LogP contribution in [0, 0.1) is 5.82 Å². The smallest absolute Gasteiger partial charge is 0.257 e. The van der Waals surface area contributed by atoms with E-state index in [9.17, 15) is 9.18 Å². The zero-order valence-corrected chi connectivity index (χ0v) is 15.2. The number of piperazine rings is 1. The molecule has 27 heavy (non-hydrogen) atoms. The van der Waals surface area contributed by atoms with Crippen molar-refractivity contribution in [2.24, 2.45) is 0 Å². The number of methoxy groups -OCH3 is 1. The van der Waals surface area contributed by atoms with Crippen molar-refractivity contribution < 1.29 is 13.9 Å². The van der Waals surface area contributed by atoms with Gasteiger partial charge < -0.3 is 14.5 Å². The van der Waals surface area contributed by atoms with Crippen molar-refractivity contribution in [3.05, 3.63) is 72.0 Å². The highest BCUT2D eigenvalue weighted by Gasteiger charge is 2.24. The first-order valence-electron chi connectivity index (χ1n) is 9.02. The summed E-state index contributed by atoms with van der Waals surface area (Å²) in [6, 6.07) is 18.2. The molecule has 4 rings (SSSR count). The first-order valence-corrected chi connectivity index (χ1v) is 9.02. The monoisotopic (exact) mass is 364 g/mol. The number of carbonyl (C=O) groups excluding carboxylic acids is 1. The van der Waals surface area contributed by atoms with Crippen LogP contribution in [0.3, 0.4) is 0 Å². The SMILES string of the molecule is COc1cc2ccccc2cc1C(=O)N1CCN(c2ccc(F)cc2)CC1. The Hall–Kier alpha value is -3.08. The van der Waals surface area contributed by atoms with Gasteiger partial charge in [0.15, 0.2) is 0 Å². The number of hydrogen-bond donors (Lipinski definition) is 0. The molecule has 1 aliphatic rings. The number of benzene rings is 3. The van der Waals surface area contributed by atoms with E-state index in [4.69, 9.17) is 4.74 Å². The van der Waals surface area contributed by atoms with Crippen molar-refractivity contribution in [1.29, 1.82) is 0 Å². The summed E-state index contributed by atoms with van der Waals surface area (Å²) in [4.78, 5) is 17.1. The molecular weight excluding hydrogens is 343 g/mol. The molecule has 3 aromatic carbocycles. The average molecular weight is 364 g/mol. The quantitative estimate of drug-likeness (QED) is 0.705. The molecule has 1 amide bonds. The van der Waals surface area contributed by atoms with Crippen LogP contribution in [-0.4, -0.2) is 44.1 Å². The van der Waals surface area contributed by atoms with Gasteiger partial charge in [0.25, 0.3) is 5.91 Å². The maximum Gasteiger partial charge on any atom is 0.257 e. The van der Waals surface area contributed by atoms with Crippen molar-refractivity contribution in [2.75, 3.05) is 38.2 Å². The van der Waals surface area contributed by atoms with E-state index < -0.39 is 0 Å². The van der Waals surface area contributed by atoms with Crippen molar-refractivity contribution in [1.82, 2.24) is 4.90 Å². The van der Waals surface area contributed by atoms with Gasteiger partial charge in [-0.05, 0) is 47.2 Å². The third kappa shape index (κ3) is 3.45. The third-order valence-corrected chi connectivity index (χ3v) is 5.06. The van der Waals surface area contributed by atoms with Crippen LogP contribution < -0.4 is 9.64 Å². The second kappa shape index (κ2) is 7.27. The van der Waals surface area contributed by atoms with E-state index in [1.165, 1.54) is 12.1 Å². The van der Waals surface area contributed by atoms with Gasteiger partial charge in [-0.15, -0.1) is 0 Å². The highest BCUT2D eigenvalue weighted by Crippen LogP contribution is 2.28. The van der Waals surface area contributed by atoms with E-state index in [-0.39, 0.29) is 11.7 Å². The van der Waals surface area contributed by atoms with Gasteiger partial charge in [-0.25, -0.2) is 4.39 Å². The van der Waals surface area contributed by atoms with Crippen LogP contribution in [0.5, 0.6) is 5.75 Å². The van der Waals surface area contributed by atoms with Gasteiger partial charge >= 0.3 is 0 Å². The fraction of sp³-hybridized carbons (Fsp3) is 0.227. The average Bonchev–Trinajstić information content (AvgIpc) is 2.73. The van der Waals surface area contributed by atoms with Crippen molar-refractivity contribution in [3.8, 4) is 5.75 Å². The minimum Gasteiger partial charge on any atom is -0.496 e. The van der Waals surface area contributed by atoms with Gasteiger partial charge in [-0.2, -0.15) is 0 Å². The Kier molecular flexibility index (Phi) is 4.67. The number of rotatable bonds is 3. The van der Waals surface area contributed by atoms with Crippen LogP contribution >= 0.6 is 0 Å². The molecule has 0 N–H and O–H groups in total. The predicted octanol–water partition coefficient (Wildman–Crippen LogP) is 3.95. The molecule has 0 unspecified atom stereocenters. The Morgan fingerprint density at radius 2 is 1.56 bits per heavy atom. The Bertz CT molecular complexity index is 964. The van der Waals surface area contributed by atoms with Crippen molar-refractivity contribution in [2.45, 2.75) is 0 Å². The van der Waals surface area contributed by atoms with Crippen LogP contribution in [0.4, 0.5) is 10.1 Å². The Morgan fingerprint density at radius 3 is 2.19 bits per heavy atom. The van der Waals surface area contributed by atoms with Crippen LogP contribution in [0.25, 0.3) is 10.8 Å². The molecule has 5 heteroatoms. The Labute approximate surface area is 157 Å². The molecule has 0 spiro atoms. The lowest BCUT2D eigenvalue weighted by Crippen LogP contribution is -2.48. The Balaban J connectivity index is 1.52. The lowest BCUT2D eigenvalue weighted by molar-refractivity contribution is 0.0743. The van der Waals surface area contributed by atoms with E-state index in [1.807, 2.05) is 41.3 Å². The molecule has 138 valence electrons. The second-order valence-electron chi connectivity index (χ2n) is 6.66. The number of halogens is 1. The van der Waals surface area contributed by atoms with E-state index in [0.717, 1.165) is 16.5 Å². The number of nitrogens with zero attached hydrogens (tertiary/aromatic N) is 2. The van der Waals surface area contributed by atoms with Crippen LogP contribution in [0.15, 0.2) is 60.7 Å². The fourth-order valence-corrected chi connectivity index (χ4v) is 3.55. The highest BCUT2D eigenvalue weighted by atomic mass is 19.1. The normalized spacial score (nSPS) is 14.4. The second-order valence-corrected chi connectivity index (χ2v) is 6.66. The number of anilines is 1. The molecule has 1 heterocycles. The minimum absolute atomic E-state index is 0.0173. The summed E-state index contributed by atoms with van der Waals surface area (Å²) in [5.74, 6) is 0.340. The Morgan fingerprint density at radius 1 is 0.926 bits per heavy atom. The van der Waals surface area contributed by atoms with Gasteiger partial charge in [-0.3, -0.25) is 4.79 Å². The number of hydrogen-bond acceptors (Lipinski definition) is 3. The first kappa shape index (κ1) is 17.3. The summed E-state index contributed by atoms with van der Waals surface area (Å²) in [7, 11) is 1.59. The van der Waals surface area contributed by atoms with E-state index in [2.05, 4.69) is 4.90 Å². The molecule has 1 saturated heterocycles. The standard InChI is InChI=1S/C22H21FN2O2/c1-27-21-15-17-5-3-2-4-16(17)14-20(21)22(26)25-12-10-24(11-13-25)19-8-6-18(23)7-9-19/h2-9,14-15H,10-13H2,1H3. The van der Waals surface area contributed by atoms with Crippen LogP contribution in [0.1, 0.15) is 10.4 Å². The summed E-state index contributed by atoms with van der Waals surface area (Å²) in [5, 5.41) is 2.07.